The summed E-state index contributed by atoms with van der Waals surface area (Å²) in [5.41, 5.74) is 1.01. The fourth-order valence-corrected chi connectivity index (χ4v) is 4.03. The molecule has 10 heteroatoms. The largest absolute Gasteiger partial charge is 0.493 e. The first-order chi connectivity index (χ1) is 15.8. The van der Waals surface area contributed by atoms with E-state index in [1.54, 1.807) is 42.5 Å². The predicted octanol–water partition coefficient (Wildman–Crippen LogP) is 4.84. The number of nitrogens with zero attached hydrogens (tertiary/aromatic N) is 3. The molecule has 1 amide bonds. The Kier molecular flexibility index (Phi) is 6.35. The number of esters is 1. The Bertz CT molecular complexity index is 1250. The SMILES string of the molecule is COc1cc(C=C2C(=N)N3N=C(C(C)C)SC3=NC2=O)ccc1OC(=O)c1ccc(Cl)cc1. The third-order valence-electron chi connectivity index (χ3n) is 4.75. The summed E-state index contributed by atoms with van der Waals surface area (Å²) in [7, 11) is 1.44. The first-order valence-electron chi connectivity index (χ1n) is 9.92. The second-order valence-corrected chi connectivity index (χ2v) is 8.84. The Morgan fingerprint density at radius 3 is 2.58 bits per heavy atom. The van der Waals surface area contributed by atoms with Crippen LogP contribution in [-0.4, -0.2) is 40.0 Å². The Hall–Kier alpha value is -3.43. The van der Waals surface area contributed by atoms with Gasteiger partial charge in [0.05, 0.1) is 18.2 Å². The smallest absolute Gasteiger partial charge is 0.343 e. The number of methoxy groups -OCH3 is 1. The number of fused-ring (bicyclic) bond motifs is 1. The number of benzene rings is 2. The number of carbonyl (C=O) groups is 2. The summed E-state index contributed by atoms with van der Waals surface area (Å²) in [5, 5.41) is 15.9. The van der Waals surface area contributed by atoms with Crippen molar-refractivity contribution >= 4 is 57.4 Å². The first kappa shape index (κ1) is 22.8. The van der Waals surface area contributed by atoms with E-state index in [9.17, 15) is 9.59 Å². The molecule has 0 aromatic heterocycles. The molecule has 2 heterocycles. The fourth-order valence-electron chi connectivity index (χ4n) is 3.01. The molecule has 1 N–H and O–H groups in total. The van der Waals surface area contributed by atoms with E-state index in [1.165, 1.54) is 30.0 Å². The fraction of sp³-hybridized carbons (Fsp3) is 0.174. The highest BCUT2D eigenvalue weighted by Crippen LogP contribution is 2.33. The third-order valence-corrected chi connectivity index (χ3v) is 6.21. The van der Waals surface area contributed by atoms with E-state index < -0.39 is 11.9 Å². The minimum atomic E-state index is -0.562. The van der Waals surface area contributed by atoms with Crippen molar-refractivity contribution in [2.24, 2.45) is 16.0 Å². The number of hydrogen-bond donors (Lipinski definition) is 1. The van der Waals surface area contributed by atoms with Gasteiger partial charge in [0.25, 0.3) is 5.91 Å². The molecule has 0 atom stereocenters. The van der Waals surface area contributed by atoms with E-state index in [0.717, 1.165) is 5.04 Å². The zero-order chi connectivity index (χ0) is 23.7. The van der Waals surface area contributed by atoms with E-state index in [4.69, 9.17) is 26.5 Å². The van der Waals surface area contributed by atoms with Gasteiger partial charge in [-0.3, -0.25) is 10.2 Å². The van der Waals surface area contributed by atoms with Crippen molar-refractivity contribution in [3.8, 4) is 11.5 Å². The zero-order valence-corrected chi connectivity index (χ0v) is 19.5. The number of hydrogen-bond acceptors (Lipinski definition) is 7. The molecule has 4 rings (SSSR count). The first-order valence-corrected chi connectivity index (χ1v) is 11.1. The van der Waals surface area contributed by atoms with Crippen LogP contribution in [-0.2, 0) is 4.79 Å². The number of nitrogens with one attached hydrogen (secondary N) is 1. The van der Waals surface area contributed by atoms with Crippen LogP contribution in [0.25, 0.3) is 6.08 Å². The van der Waals surface area contributed by atoms with Crippen LogP contribution >= 0.6 is 23.4 Å². The van der Waals surface area contributed by atoms with E-state index in [2.05, 4.69) is 10.1 Å². The van der Waals surface area contributed by atoms with Gasteiger partial charge in [-0.2, -0.15) is 15.1 Å². The number of aliphatic imine (C=N–C) groups is 1. The van der Waals surface area contributed by atoms with Crippen molar-refractivity contribution in [3.05, 3.63) is 64.2 Å². The van der Waals surface area contributed by atoms with Gasteiger partial charge in [-0.15, -0.1) is 0 Å². The maximum atomic E-state index is 12.6. The number of ether oxygens (including phenoxy) is 2. The number of rotatable bonds is 5. The van der Waals surface area contributed by atoms with Gasteiger partial charge in [0.1, 0.15) is 5.04 Å². The van der Waals surface area contributed by atoms with Gasteiger partial charge in [0.15, 0.2) is 17.3 Å². The monoisotopic (exact) mass is 482 g/mol. The Morgan fingerprint density at radius 1 is 1.18 bits per heavy atom. The molecule has 33 heavy (non-hydrogen) atoms. The molecule has 0 fully saturated rings. The normalized spacial score (nSPS) is 16.6. The topological polar surface area (TPSA) is 104 Å². The zero-order valence-electron chi connectivity index (χ0n) is 18.0. The van der Waals surface area contributed by atoms with Crippen LogP contribution in [0.4, 0.5) is 0 Å². The summed E-state index contributed by atoms with van der Waals surface area (Å²) < 4.78 is 10.8. The molecule has 0 saturated heterocycles. The van der Waals surface area contributed by atoms with Crippen LogP contribution in [0.5, 0.6) is 11.5 Å². The van der Waals surface area contributed by atoms with E-state index in [0.29, 0.717) is 27.1 Å². The lowest BCUT2D eigenvalue weighted by molar-refractivity contribution is -0.114. The quantitative estimate of drug-likeness (QED) is 0.371. The van der Waals surface area contributed by atoms with Crippen LogP contribution < -0.4 is 9.47 Å². The molecule has 2 aromatic carbocycles. The minimum Gasteiger partial charge on any atom is -0.493 e. The van der Waals surface area contributed by atoms with Crippen molar-refractivity contribution in [2.45, 2.75) is 13.8 Å². The van der Waals surface area contributed by atoms with Crippen molar-refractivity contribution < 1.29 is 19.1 Å². The van der Waals surface area contributed by atoms with Crippen molar-refractivity contribution in [2.75, 3.05) is 7.11 Å². The van der Waals surface area contributed by atoms with Gasteiger partial charge in [0, 0.05) is 10.9 Å². The predicted molar refractivity (Wildman–Crippen MR) is 129 cm³/mol. The second-order valence-electron chi connectivity index (χ2n) is 7.42. The molecular weight excluding hydrogens is 464 g/mol. The number of halogens is 1. The summed E-state index contributed by atoms with van der Waals surface area (Å²) >= 11 is 7.15. The molecular formula is C23H19ClN4O4S. The number of amides is 1. The van der Waals surface area contributed by atoms with Crippen LogP contribution in [0.1, 0.15) is 29.8 Å². The molecule has 0 saturated carbocycles. The highest BCUT2D eigenvalue weighted by molar-refractivity contribution is 8.27. The average molecular weight is 483 g/mol. The summed E-state index contributed by atoms with van der Waals surface area (Å²) in [5.74, 6) is -0.463. The number of thioether (sulfide) groups is 1. The highest BCUT2D eigenvalue weighted by atomic mass is 35.5. The molecule has 168 valence electrons. The number of amidine groups is 2. The number of hydrazone groups is 1. The second kappa shape index (κ2) is 9.21. The van der Waals surface area contributed by atoms with E-state index in [-0.39, 0.29) is 23.1 Å². The average Bonchev–Trinajstić information content (AvgIpc) is 3.22. The maximum absolute atomic E-state index is 12.6. The lowest BCUT2D eigenvalue weighted by Gasteiger charge is -2.20. The van der Waals surface area contributed by atoms with Gasteiger partial charge in [-0.25, -0.2) is 4.79 Å². The molecule has 0 unspecified atom stereocenters. The highest BCUT2D eigenvalue weighted by Gasteiger charge is 2.36. The molecule has 0 aliphatic carbocycles. The Morgan fingerprint density at radius 2 is 1.91 bits per heavy atom. The molecule has 0 bridgehead atoms. The van der Waals surface area contributed by atoms with Crippen molar-refractivity contribution in [1.82, 2.24) is 5.01 Å². The molecule has 2 aliphatic heterocycles. The van der Waals surface area contributed by atoms with E-state index >= 15 is 0 Å². The van der Waals surface area contributed by atoms with Gasteiger partial charge in [-0.05, 0) is 59.8 Å². The summed E-state index contributed by atoms with van der Waals surface area (Å²) in [6.45, 7) is 3.97. The Labute approximate surface area is 199 Å². The molecule has 2 aliphatic rings. The summed E-state index contributed by atoms with van der Waals surface area (Å²) in [4.78, 5) is 29.1. The molecule has 0 radical (unpaired) electrons. The molecule has 8 nitrogen and oxygen atoms in total. The van der Waals surface area contributed by atoms with Gasteiger partial charge in [-0.1, -0.05) is 31.5 Å². The van der Waals surface area contributed by atoms with Crippen LogP contribution in [0.2, 0.25) is 5.02 Å². The number of carbonyl (C=O) groups excluding carboxylic acids is 2. The van der Waals surface area contributed by atoms with Crippen LogP contribution in [0, 0.1) is 11.3 Å². The molecule has 2 aromatic rings. The standard InChI is InChI=1S/C23H19ClN4O4S/c1-12(2)21-27-28-19(25)16(20(29)26-23(28)33-21)10-13-4-9-17(18(11-13)31-3)32-22(30)14-5-7-15(24)8-6-14/h4-12,25H,1-3H3. The van der Waals surface area contributed by atoms with Crippen LogP contribution in [0.3, 0.4) is 0 Å². The molecule has 0 spiro atoms. The van der Waals surface area contributed by atoms with Crippen molar-refractivity contribution in [1.29, 1.82) is 5.41 Å². The maximum Gasteiger partial charge on any atom is 0.343 e. The van der Waals surface area contributed by atoms with Gasteiger partial charge < -0.3 is 9.47 Å². The lowest BCUT2D eigenvalue weighted by atomic mass is 10.1. The summed E-state index contributed by atoms with van der Waals surface area (Å²) in [6.07, 6.45) is 1.53. The third kappa shape index (κ3) is 4.69. The Balaban J connectivity index is 1.59. The van der Waals surface area contributed by atoms with Crippen LogP contribution in [0.15, 0.2) is 58.1 Å². The van der Waals surface area contributed by atoms with Crippen molar-refractivity contribution in [3.63, 3.8) is 0 Å². The minimum absolute atomic E-state index is 0.0506. The van der Waals surface area contributed by atoms with E-state index in [1.807, 2.05) is 13.8 Å². The summed E-state index contributed by atoms with van der Waals surface area (Å²) in [6, 6.07) is 11.2. The van der Waals surface area contributed by atoms with Gasteiger partial charge in [0.2, 0.25) is 5.17 Å². The lowest BCUT2D eigenvalue weighted by Crippen LogP contribution is -2.35. The van der Waals surface area contributed by atoms with Gasteiger partial charge >= 0.3 is 5.97 Å².